The van der Waals surface area contributed by atoms with Crippen molar-refractivity contribution < 1.29 is 14.7 Å². The van der Waals surface area contributed by atoms with Crippen LogP contribution in [0.1, 0.15) is 5.56 Å². The SMILES string of the molecule is O/N=C(/Cl)c1cc(Cl)c2c(c1)OCCO2. The van der Waals surface area contributed by atoms with E-state index in [1.807, 2.05) is 0 Å². The van der Waals surface area contributed by atoms with Crippen molar-refractivity contribution in [2.24, 2.45) is 5.16 Å². The van der Waals surface area contributed by atoms with E-state index in [0.717, 1.165) is 0 Å². The van der Waals surface area contributed by atoms with Crippen LogP contribution >= 0.6 is 23.2 Å². The molecule has 1 aromatic carbocycles. The summed E-state index contributed by atoms with van der Waals surface area (Å²) < 4.78 is 10.7. The lowest BCUT2D eigenvalue weighted by atomic mass is 10.2. The molecule has 15 heavy (non-hydrogen) atoms. The summed E-state index contributed by atoms with van der Waals surface area (Å²) in [7, 11) is 0. The number of benzene rings is 1. The van der Waals surface area contributed by atoms with E-state index in [4.69, 9.17) is 37.9 Å². The maximum absolute atomic E-state index is 8.52. The van der Waals surface area contributed by atoms with E-state index in [1.165, 1.54) is 0 Å². The Labute approximate surface area is 96.0 Å². The Kier molecular flexibility index (Phi) is 2.88. The normalized spacial score (nSPS) is 15.2. The number of ether oxygens (including phenoxy) is 2. The van der Waals surface area contributed by atoms with Gasteiger partial charge in [-0.1, -0.05) is 28.4 Å². The highest BCUT2D eigenvalue weighted by Gasteiger charge is 2.17. The fraction of sp³-hybridized carbons (Fsp3) is 0.222. The van der Waals surface area contributed by atoms with Crippen molar-refractivity contribution in [3.8, 4) is 11.5 Å². The van der Waals surface area contributed by atoms with Gasteiger partial charge in [0.1, 0.15) is 13.2 Å². The third-order valence-electron chi connectivity index (χ3n) is 1.92. The molecule has 0 radical (unpaired) electrons. The van der Waals surface area contributed by atoms with Gasteiger partial charge >= 0.3 is 0 Å². The van der Waals surface area contributed by atoms with Gasteiger partial charge in [0.25, 0.3) is 0 Å². The van der Waals surface area contributed by atoms with Crippen LogP contribution in [0.4, 0.5) is 0 Å². The molecular formula is C9H7Cl2NO3. The van der Waals surface area contributed by atoms with Gasteiger partial charge in [0, 0.05) is 5.56 Å². The van der Waals surface area contributed by atoms with E-state index >= 15 is 0 Å². The lowest BCUT2D eigenvalue weighted by Crippen LogP contribution is -2.16. The molecule has 80 valence electrons. The molecule has 0 saturated heterocycles. The predicted octanol–water partition coefficient (Wildman–Crippen LogP) is 2.49. The molecule has 0 unspecified atom stereocenters. The molecule has 1 heterocycles. The maximum Gasteiger partial charge on any atom is 0.179 e. The first-order valence-corrected chi connectivity index (χ1v) is 4.95. The second kappa shape index (κ2) is 4.16. The quantitative estimate of drug-likeness (QED) is 0.472. The Morgan fingerprint density at radius 1 is 1.33 bits per heavy atom. The summed E-state index contributed by atoms with van der Waals surface area (Å²) in [6.45, 7) is 0.925. The van der Waals surface area contributed by atoms with E-state index in [-0.39, 0.29) is 5.17 Å². The molecular weight excluding hydrogens is 241 g/mol. The number of oxime groups is 1. The maximum atomic E-state index is 8.52. The number of rotatable bonds is 1. The fourth-order valence-electron chi connectivity index (χ4n) is 1.29. The summed E-state index contributed by atoms with van der Waals surface area (Å²) >= 11 is 11.6. The Hall–Kier alpha value is -1.13. The second-order valence-electron chi connectivity index (χ2n) is 2.87. The van der Waals surface area contributed by atoms with E-state index in [0.29, 0.717) is 35.3 Å². The topological polar surface area (TPSA) is 51.1 Å². The van der Waals surface area contributed by atoms with Crippen molar-refractivity contribution in [3.05, 3.63) is 22.7 Å². The van der Waals surface area contributed by atoms with Crippen LogP contribution in [-0.2, 0) is 0 Å². The summed E-state index contributed by atoms with van der Waals surface area (Å²) in [5.41, 5.74) is 0.480. The summed E-state index contributed by atoms with van der Waals surface area (Å²) in [5.74, 6) is 1.000. The van der Waals surface area contributed by atoms with Gasteiger partial charge in [-0.2, -0.15) is 0 Å². The summed E-state index contributed by atoms with van der Waals surface area (Å²) in [6, 6.07) is 3.17. The van der Waals surface area contributed by atoms with Crippen molar-refractivity contribution in [1.82, 2.24) is 0 Å². The molecule has 1 N–H and O–H groups in total. The molecule has 1 aliphatic rings. The van der Waals surface area contributed by atoms with Crippen molar-refractivity contribution in [1.29, 1.82) is 0 Å². The Morgan fingerprint density at radius 3 is 2.80 bits per heavy atom. The van der Waals surface area contributed by atoms with Crippen molar-refractivity contribution >= 4 is 28.4 Å². The molecule has 0 amide bonds. The van der Waals surface area contributed by atoms with Crippen molar-refractivity contribution in [2.45, 2.75) is 0 Å². The van der Waals surface area contributed by atoms with Gasteiger partial charge < -0.3 is 14.7 Å². The van der Waals surface area contributed by atoms with Crippen LogP contribution in [0.15, 0.2) is 17.3 Å². The number of hydrogen-bond acceptors (Lipinski definition) is 4. The highest BCUT2D eigenvalue weighted by Crippen LogP contribution is 2.38. The second-order valence-corrected chi connectivity index (χ2v) is 3.64. The lowest BCUT2D eigenvalue weighted by Gasteiger charge is -2.19. The first kappa shape index (κ1) is 10.4. The van der Waals surface area contributed by atoms with Crippen LogP contribution in [0.25, 0.3) is 0 Å². The molecule has 0 aliphatic carbocycles. The molecule has 4 nitrogen and oxygen atoms in total. The van der Waals surface area contributed by atoms with Crippen LogP contribution < -0.4 is 9.47 Å². The van der Waals surface area contributed by atoms with Crippen molar-refractivity contribution in [3.63, 3.8) is 0 Å². The molecule has 1 aromatic rings. The first-order valence-electron chi connectivity index (χ1n) is 4.19. The molecule has 0 bridgehead atoms. The van der Waals surface area contributed by atoms with Crippen LogP contribution in [-0.4, -0.2) is 23.6 Å². The summed E-state index contributed by atoms with van der Waals surface area (Å²) in [6.07, 6.45) is 0. The molecule has 6 heteroatoms. The highest BCUT2D eigenvalue weighted by molar-refractivity contribution is 6.69. The number of halogens is 2. The van der Waals surface area contributed by atoms with E-state index < -0.39 is 0 Å². The van der Waals surface area contributed by atoms with Crippen LogP contribution in [0.2, 0.25) is 5.02 Å². The molecule has 0 saturated carbocycles. The van der Waals surface area contributed by atoms with E-state index in [9.17, 15) is 0 Å². The van der Waals surface area contributed by atoms with Gasteiger partial charge in [0.05, 0.1) is 5.02 Å². The fourth-order valence-corrected chi connectivity index (χ4v) is 1.66. The number of nitrogens with zero attached hydrogens (tertiary/aromatic N) is 1. The average molecular weight is 248 g/mol. The minimum absolute atomic E-state index is 0.0473. The van der Waals surface area contributed by atoms with Gasteiger partial charge in [0.2, 0.25) is 0 Å². The smallest absolute Gasteiger partial charge is 0.179 e. The monoisotopic (exact) mass is 247 g/mol. The van der Waals surface area contributed by atoms with E-state index in [2.05, 4.69) is 5.16 Å². The third-order valence-corrected chi connectivity index (χ3v) is 2.50. The minimum atomic E-state index is -0.0473. The Morgan fingerprint density at radius 2 is 2.07 bits per heavy atom. The average Bonchev–Trinajstić information content (AvgIpc) is 2.28. The predicted molar refractivity (Wildman–Crippen MR) is 56.6 cm³/mol. The molecule has 0 aromatic heterocycles. The summed E-state index contributed by atoms with van der Waals surface area (Å²) in [5, 5.41) is 11.7. The molecule has 1 aliphatic heterocycles. The van der Waals surface area contributed by atoms with Gasteiger partial charge in [-0.15, -0.1) is 0 Å². The van der Waals surface area contributed by atoms with Gasteiger partial charge in [-0.05, 0) is 12.1 Å². The minimum Gasteiger partial charge on any atom is -0.486 e. The molecule has 0 spiro atoms. The highest BCUT2D eigenvalue weighted by atomic mass is 35.5. The van der Waals surface area contributed by atoms with Crippen molar-refractivity contribution in [2.75, 3.05) is 13.2 Å². The third kappa shape index (κ3) is 1.96. The zero-order valence-electron chi connectivity index (χ0n) is 7.54. The number of hydrogen-bond donors (Lipinski definition) is 1. The zero-order valence-corrected chi connectivity index (χ0v) is 9.05. The zero-order chi connectivity index (χ0) is 10.8. The van der Waals surface area contributed by atoms with Gasteiger partial charge in [0.15, 0.2) is 16.7 Å². The van der Waals surface area contributed by atoms with Crippen LogP contribution in [0.3, 0.4) is 0 Å². The largest absolute Gasteiger partial charge is 0.486 e. The Balaban J connectivity index is 2.49. The molecule has 0 atom stereocenters. The first-order chi connectivity index (χ1) is 7.22. The lowest BCUT2D eigenvalue weighted by molar-refractivity contribution is 0.171. The molecule has 2 rings (SSSR count). The van der Waals surface area contributed by atoms with Gasteiger partial charge in [-0.25, -0.2) is 0 Å². The van der Waals surface area contributed by atoms with Crippen LogP contribution in [0.5, 0.6) is 11.5 Å². The molecule has 0 fully saturated rings. The van der Waals surface area contributed by atoms with E-state index in [1.54, 1.807) is 12.1 Å². The summed E-state index contributed by atoms with van der Waals surface area (Å²) in [4.78, 5) is 0. The number of fused-ring (bicyclic) bond motifs is 1. The van der Waals surface area contributed by atoms with Gasteiger partial charge in [-0.3, -0.25) is 0 Å². The Bertz CT molecular complexity index is 420. The van der Waals surface area contributed by atoms with Crippen LogP contribution in [0, 0.1) is 0 Å². The standard InChI is InChI=1S/C9H7Cl2NO3/c10-6-3-5(9(11)12-13)4-7-8(6)15-2-1-14-7/h3-4,13H,1-2H2/b12-9+.